The molecular formula is C25H23FN2O2S. The first-order valence-corrected chi connectivity index (χ1v) is 11.9. The summed E-state index contributed by atoms with van der Waals surface area (Å²) in [6.45, 7) is 0. The Morgan fingerprint density at radius 2 is 1.71 bits per heavy atom. The van der Waals surface area contributed by atoms with Crippen molar-refractivity contribution in [3.63, 3.8) is 0 Å². The van der Waals surface area contributed by atoms with E-state index in [0.29, 0.717) is 21.8 Å². The molecule has 2 aromatic heterocycles. The number of hydrogen-bond acceptors (Lipinski definition) is 3. The Labute approximate surface area is 182 Å². The van der Waals surface area contributed by atoms with E-state index in [0.717, 1.165) is 18.4 Å². The van der Waals surface area contributed by atoms with Crippen molar-refractivity contribution in [3.05, 3.63) is 68.4 Å². The zero-order chi connectivity index (χ0) is 21.1. The molecule has 0 atom stereocenters. The maximum Gasteiger partial charge on any atom is 0.271 e. The van der Waals surface area contributed by atoms with Crippen molar-refractivity contribution < 1.29 is 4.39 Å². The highest BCUT2D eigenvalue weighted by molar-refractivity contribution is 7.12. The second-order valence-corrected chi connectivity index (χ2v) is 9.74. The lowest BCUT2D eigenvalue weighted by Crippen LogP contribution is -2.15. The summed E-state index contributed by atoms with van der Waals surface area (Å²) in [5.41, 5.74) is 2.59. The maximum atomic E-state index is 15.2. The van der Waals surface area contributed by atoms with Crippen LogP contribution in [0, 0.1) is 5.82 Å². The largest absolute Gasteiger partial charge is 0.328 e. The first kappa shape index (κ1) is 19.0. The lowest BCUT2D eigenvalue weighted by Gasteiger charge is -2.22. The molecule has 2 heterocycles. The number of aromatic amines is 1. The molecule has 0 spiro atoms. The van der Waals surface area contributed by atoms with Crippen LogP contribution in [0.2, 0.25) is 0 Å². The normalized spacial score (nSPS) is 17.6. The Morgan fingerprint density at radius 3 is 2.42 bits per heavy atom. The second kappa shape index (κ2) is 7.16. The predicted molar refractivity (Wildman–Crippen MR) is 124 cm³/mol. The van der Waals surface area contributed by atoms with E-state index in [1.807, 2.05) is 12.1 Å². The van der Waals surface area contributed by atoms with Crippen LogP contribution in [-0.4, -0.2) is 8.94 Å². The first-order valence-electron chi connectivity index (χ1n) is 11.1. The van der Waals surface area contributed by atoms with E-state index in [4.69, 9.17) is 0 Å². The fourth-order valence-electron chi connectivity index (χ4n) is 5.14. The minimum atomic E-state index is -0.427. The lowest BCUT2D eigenvalue weighted by atomic mass is 9.83. The average molecular weight is 435 g/mol. The molecule has 6 heteroatoms. The number of pyridine rings is 1. The van der Waals surface area contributed by atoms with E-state index in [2.05, 4.69) is 21.1 Å². The minimum absolute atomic E-state index is 0.147. The number of aromatic nitrogens is 2. The molecule has 0 aliphatic heterocycles. The fraction of sp³-hybridized carbons (Fsp3) is 0.360. The van der Waals surface area contributed by atoms with E-state index in [1.165, 1.54) is 55.3 Å². The van der Waals surface area contributed by atoms with Crippen molar-refractivity contribution >= 4 is 32.7 Å². The number of hydrogen-bond donors (Lipinski definition) is 1. The van der Waals surface area contributed by atoms with Crippen LogP contribution < -0.4 is 11.0 Å². The van der Waals surface area contributed by atoms with Crippen molar-refractivity contribution in [1.82, 2.24) is 8.94 Å². The zero-order valence-corrected chi connectivity index (χ0v) is 17.9. The van der Waals surface area contributed by atoms with Crippen LogP contribution in [0.5, 0.6) is 0 Å². The highest BCUT2D eigenvalue weighted by Crippen LogP contribution is 2.41. The van der Waals surface area contributed by atoms with Gasteiger partial charge < -0.3 is 4.57 Å². The van der Waals surface area contributed by atoms with Crippen LogP contribution in [0.1, 0.15) is 62.5 Å². The topological polar surface area (TPSA) is 54.9 Å². The number of rotatable bonds is 3. The summed E-state index contributed by atoms with van der Waals surface area (Å²) in [6.07, 6.45) is 8.35. The summed E-state index contributed by atoms with van der Waals surface area (Å²) >= 11 is 1.19. The van der Waals surface area contributed by atoms with Crippen molar-refractivity contribution in [2.24, 2.45) is 0 Å². The first-order chi connectivity index (χ1) is 15.1. The Bertz CT molecular complexity index is 1420. The van der Waals surface area contributed by atoms with Gasteiger partial charge in [0.2, 0.25) is 5.43 Å². The van der Waals surface area contributed by atoms with Crippen molar-refractivity contribution in [1.29, 1.82) is 0 Å². The highest BCUT2D eigenvalue weighted by atomic mass is 32.1. The molecule has 2 aliphatic rings. The quantitative estimate of drug-likeness (QED) is 0.424. The average Bonchev–Trinajstić information content (AvgIpc) is 3.56. The fourth-order valence-corrected chi connectivity index (χ4v) is 6.06. The molecule has 0 saturated heterocycles. The molecule has 0 radical (unpaired) electrons. The van der Waals surface area contributed by atoms with Crippen LogP contribution in [-0.2, 0) is 0 Å². The van der Waals surface area contributed by atoms with Gasteiger partial charge in [-0.3, -0.25) is 14.0 Å². The number of halogens is 1. The maximum absolute atomic E-state index is 15.2. The van der Waals surface area contributed by atoms with Crippen LogP contribution in [0.3, 0.4) is 0 Å². The third kappa shape index (κ3) is 3.07. The van der Waals surface area contributed by atoms with Crippen LogP contribution >= 0.6 is 11.5 Å². The van der Waals surface area contributed by atoms with E-state index in [-0.39, 0.29) is 27.8 Å². The van der Waals surface area contributed by atoms with E-state index in [1.54, 1.807) is 6.07 Å². The van der Waals surface area contributed by atoms with Crippen LogP contribution in [0.15, 0.2) is 46.0 Å². The number of benzene rings is 2. The van der Waals surface area contributed by atoms with Crippen molar-refractivity contribution in [3.8, 4) is 11.1 Å². The Morgan fingerprint density at radius 1 is 0.968 bits per heavy atom. The Kier molecular flexibility index (Phi) is 4.39. The van der Waals surface area contributed by atoms with Crippen LogP contribution in [0.25, 0.3) is 32.2 Å². The molecule has 2 aromatic carbocycles. The second-order valence-electron chi connectivity index (χ2n) is 8.95. The van der Waals surface area contributed by atoms with Crippen molar-refractivity contribution in [2.75, 3.05) is 0 Å². The molecule has 6 rings (SSSR count). The van der Waals surface area contributed by atoms with Gasteiger partial charge in [0.15, 0.2) is 0 Å². The third-order valence-electron chi connectivity index (χ3n) is 6.93. The molecule has 4 aromatic rings. The van der Waals surface area contributed by atoms with E-state index >= 15 is 4.39 Å². The zero-order valence-electron chi connectivity index (χ0n) is 17.1. The van der Waals surface area contributed by atoms with Gasteiger partial charge in [0.1, 0.15) is 16.0 Å². The molecule has 0 amide bonds. The molecule has 158 valence electrons. The van der Waals surface area contributed by atoms with E-state index < -0.39 is 5.82 Å². The summed E-state index contributed by atoms with van der Waals surface area (Å²) in [4.78, 5) is 25.9. The molecule has 0 bridgehead atoms. The van der Waals surface area contributed by atoms with Gasteiger partial charge in [-0.1, -0.05) is 43.5 Å². The van der Waals surface area contributed by atoms with E-state index in [9.17, 15) is 9.59 Å². The summed E-state index contributed by atoms with van der Waals surface area (Å²) in [7, 11) is 0. The summed E-state index contributed by atoms with van der Waals surface area (Å²) < 4.78 is 19.9. The molecule has 4 nitrogen and oxygen atoms in total. The van der Waals surface area contributed by atoms with Gasteiger partial charge in [-0.25, -0.2) is 4.39 Å². The van der Waals surface area contributed by atoms with Gasteiger partial charge in [0.25, 0.3) is 5.56 Å². The van der Waals surface area contributed by atoms with Gasteiger partial charge in [-0.05, 0) is 66.4 Å². The summed E-state index contributed by atoms with van der Waals surface area (Å²) in [5.74, 6) is 0.178. The Hall–Kier alpha value is -2.73. The third-order valence-corrected chi connectivity index (χ3v) is 7.81. The summed E-state index contributed by atoms with van der Waals surface area (Å²) in [5, 5.41) is 0.428. The molecule has 31 heavy (non-hydrogen) atoms. The van der Waals surface area contributed by atoms with Crippen LogP contribution in [0.4, 0.5) is 4.39 Å². The molecule has 2 saturated carbocycles. The number of nitrogens with one attached hydrogen (secondary N) is 1. The predicted octanol–water partition coefficient (Wildman–Crippen LogP) is 6.09. The molecular weight excluding hydrogens is 411 g/mol. The highest BCUT2D eigenvalue weighted by Gasteiger charge is 2.29. The van der Waals surface area contributed by atoms with Gasteiger partial charge >= 0.3 is 0 Å². The lowest BCUT2D eigenvalue weighted by molar-refractivity contribution is 0.443. The Balaban J connectivity index is 1.52. The van der Waals surface area contributed by atoms with Gasteiger partial charge in [-0.2, -0.15) is 0 Å². The standard InChI is InChI=1S/C25H23FN2O2S/c26-20-12-19-21(28(17-10-11-17)25-22(23(19)29)24(30)27-31-25)13-18(20)16-8-6-15(7-9-16)14-4-2-1-3-5-14/h6-9,12-14,17H,1-5,10-11H2,(H,27,30). The number of nitrogens with zero attached hydrogens (tertiary/aromatic N) is 1. The molecule has 0 unspecified atom stereocenters. The number of fused-ring (bicyclic) bond motifs is 2. The van der Waals surface area contributed by atoms with Gasteiger partial charge in [-0.15, -0.1) is 0 Å². The number of H-pyrrole nitrogens is 1. The van der Waals surface area contributed by atoms with Gasteiger partial charge in [0, 0.05) is 17.0 Å². The molecule has 1 N–H and O–H groups in total. The summed E-state index contributed by atoms with van der Waals surface area (Å²) in [6, 6.07) is 11.6. The molecule has 2 fully saturated rings. The smallest absolute Gasteiger partial charge is 0.271 e. The SMILES string of the molecule is O=c1[nH]sc2c1c(=O)c1cc(F)c(-c3ccc(C4CCCCC4)cc3)cc1n2C1CC1. The minimum Gasteiger partial charge on any atom is -0.328 e. The monoisotopic (exact) mass is 434 g/mol. The van der Waals surface area contributed by atoms with Crippen molar-refractivity contribution in [2.45, 2.75) is 56.9 Å². The molecule has 2 aliphatic carbocycles. The van der Waals surface area contributed by atoms with Gasteiger partial charge in [0.05, 0.1) is 5.52 Å².